The van der Waals surface area contributed by atoms with Crippen molar-refractivity contribution in [1.29, 1.82) is 0 Å². The third-order valence-electron chi connectivity index (χ3n) is 3.84. The lowest BCUT2D eigenvalue weighted by Crippen LogP contribution is -2.37. The van der Waals surface area contributed by atoms with Gasteiger partial charge in [-0.05, 0) is 62.7 Å². The normalized spacial score (nSPS) is 10.2. The van der Waals surface area contributed by atoms with Crippen LogP contribution in [0.15, 0.2) is 48.5 Å². The average Bonchev–Trinajstić information content (AvgIpc) is 2.61. The zero-order valence-electron chi connectivity index (χ0n) is 15.2. The number of hydrogen-bond acceptors (Lipinski definition) is 3. The molecule has 0 fully saturated rings. The molecule has 2 amide bonds. The molecule has 0 unspecified atom stereocenters. The summed E-state index contributed by atoms with van der Waals surface area (Å²) in [5.41, 5.74) is 3.15. The number of hydrogen-bond donors (Lipinski definition) is 2. The van der Waals surface area contributed by atoms with Crippen LogP contribution in [0.1, 0.15) is 19.4 Å². The van der Waals surface area contributed by atoms with Gasteiger partial charge in [0.1, 0.15) is 5.75 Å². The number of benzene rings is 2. The predicted molar refractivity (Wildman–Crippen MR) is 104 cm³/mol. The van der Waals surface area contributed by atoms with Crippen LogP contribution in [0.25, 0.3) is 0 Å². The molecule has 5 heteroatoms. The molecule has 0 heterocycles. The number of nitrogens with zero attached hydrogens (tertiary/aromatic N) is 1. The van der Waals surface area contributed by atoms with Gasteiger partial charge in [-0.3, -0.25) is 0 Å². The van der Waals surface area contributed by atoms with E-state index < -0.39 is 0 Å². The second-order valence-corrected chi connectivity index (χ2v) is 5.76. The summed E-state index contributed by atoms with van der Waals surface area (Å²) in [6.45, 7) is 8.99. The van der Waals surface area contributed by atoms with Crippen LogP contribution >= 0.6 is 0 Å². The van der Waals surface area contributed by atoms with Crippen LogP contribution < -0.4 is 20.3 Å². The average molecular weight is 341 g/mol. The van der Waals surface area contributed by atoms with Gasteiger partial charge in [-0.2, -0.15) is 0 Å². The van der Waals surface area contributed by atoms with Crippen molar-refractivity contribution >= 4 is 17.4 Å². The number of aryl methyl sites for hydroxylation is 1. The molecule has 2 N–H and O–H groups in total. The van der Waals surface area contributed by atoms with Crippen LogP contribution in [0.3, 0.4) is 0 Å². The molecular weight excluding hydrogens is 314 g/mol. The topological polar surface area (TPSA) is 53.6 Å². The van der Waals surface area contributed by atoms with Crippen molar-refractivity contribution in [2.75, 3.05) is 36.5 Å². The van der Waals surface area contributed by atoms with Crippen molar-refractivity contribution in [1.82, 2.24) is 5.32 Å². The zero-order valence-corrected chi connectivity index (χ0v) is 15.2. The Morgan fingerprint density at radius 3 is 2.52 bits per heavy atom. The fourth-order valence-electron chi connectivity index (χ4n) is 2.58. The van der Waals surface area contributed by atoms with Gasteiger partial charge in [-0.25, -0.2) is 4.79 Å². The van der Waals surface area contributed by atoms with E-state index in [-0.39, 0.29) is 6.03 Å². The number of urea groups is 1. The van der Waals surface area contributed by atoms with Gasteiger partial charge < -0.3 is 20.3 Å². The van der Waals surface area contributed by atoms with Gasteiger partial charge in [-0.15, -0.1) is 0 Å². The molecule has 0 spiro atoms. The van der Waals surface area contributed by atoms with E-state index in [1.54, 1.807) is 0 Å². The number of anilines is 2. The largest absolute Gasteiger partial charge is 0.494 e. The molecule has 0 atom stereocenters. The van der Waals surface area contributed by atoms with Crippen LogP contribution in [-0.2, 0) is 0 Å². The fraction of sp³-hybridized carbons (Fsp3) is 0.350. The summed E-state index contributed by atoms with van der Waals surface area (Å²) in [7, 11) is 0. The van der Waals surface area contributed by atoms with E-state index in [1.807, 2.05) is 31.2 Å². The van der Waals surface area contributed by atoms with E-state index in [1.165, 1.54) is 11.3 Å². The number of carbonyl (C=O) groups excluding carboxylic acids is 1. The highest BCUT2D eigenvalue weighted by atomic mass is 16.5. The minimum atomic E-state index is -0.204. The highest BCUT2D eigenvalue weighted by Gasteiger charge is 2.06. The number of ether oxygens (including phenoxy) is 1. The van der Waals surface area contributed by atoms with Crippen molar-refractivity contribution in [2.45, 2.75) is 20.8 Å². The smallest absolute Gasteiger partial charge is 0.319 e. The first kappa shape index (κ1) is 18.6. The maximum Gasteiger partial charge on any atom is 0.319 e. The molecule has 0 aliphatic carbocycles. The molecule has 0 saturated heterocycles. The standard InChI is InChI=1S/C20H27N3O2/c1-4-23(18-8-6-7-16(3)15-18)14-13-21-20(24)22-17-9-11-19(12-10-17)25-5-2/h6-12,15H,4-5,13-14H2,1-3H3,(H2,21,22,24). The Kier molecular flexibility index (Phi) is 7.14. The maximum absolute atomic E-state index is 12.0. The highest BCUT2D eigenvalue weighted by molar-refractivity contribution is 5.89. The zero-order chi connectivity index (χ0) is 18.1. The van der Waals surface area contributed by atoms with E-state index in [4.69, 9.17) is 4.74 Å². The molecule has 0 aromatic heterocycles. The van der Waals surface area contributed by atoms with E-state index in [9.17, 15) is 4.79 Å². The minimum Gasteiger partial charge on any atom is -0.494 e. The van der Waals surface area contributed by atoms with E-state index >= 15 is 0 Å². The lowest BCUT2D eigenvalue weighted by molar-refractivity contribution is 0.252. The van der Waals surface area contributed by atoms with E-state index in [0.717, 1.165) is 24.5 Å². The first-order chi connectivity index (χ1) is 12.1. The molecule has 0 aliphatic rings. The summed E-state index contributed by atoms with van der Waals surface area (Å²) in [4.78, 5) is 14.3. The molecule has 0 saturated carbocycles. The Bertz CT molecular complexity index is 671. The van der Waals surface area contributed by atoms with Crippen molar-refractivity contribution in [2.24, 2.45) is 0 Å². The van der Waals surface area contributed by atoms with Crippen molar-refractivity contribution in [3.63, 3.8) is 0 Å². The summed E-state index contributed by atoms with van der Waals surface area (Å²) in [5, 5.41) is 5.72. The van der Waals surface area contributed by atoms with E-state index in [0.29, 0.717) is 13.2 Å². The van der Waals surface area contributed by atoms with Crippen LogP contribution in [0.4, 0.5) is 16.2 Å². The highest BCUT2D eigenvalue weighted by Crippen LogP contribution is 2.16. The summed E-state index contributed by atoms with van der Waals surface area (Å²) in [5.74, 6) is 0.796. The molecular formula is C20H27N3O2. The van der Waals surface area contributed by atoms with Crippen molar-refractivity contribution in [3.8, 4) is 5.75 Å². The minimum absolute atomic E-state index is 0.204. The SMILES string of the molecule is CCOc1ccc(NC(=O)NCCN(CC)c2cccc(C)c2)cc1. The van der Waals surface area contributed by atoms with Gasteiger partial charge in [0.15, 0.2) is 0 Å². The van der Waals surface area contributed by atoms with Crippen molar-refractivity contribution < 1.29 is 9.53 Å². The maximum atomic E-state index is 12.0. The van der Waals surface area contributed by atoms with Crippen LogP contribution in [0, 0.1) is 6.92 Å². The van der Waals surface area contributed by atoms with Crippen molar-refractivity contribution in [3.05, 3.63) is 54.1 Å². The number of likely N-dealkylation sites (N-methyl/N-ethyl adjacent to an activating group) is 1. The van der Waals surface area contributed by atoms with Crippen LogP contribution in [0.2, 0.25) is 0 Å². The summed E-state index contributed by atoms with van der Waals surface area (Å²) in [6.07, 6.45) is 0. The van der Waals surface area contributed by atoms with Gasteiger partial charge in [0.05, 0.1) is 6.61 Å². The number of carbonyl (C=O) groups is 1. The second kappa shape index (κ2) is 9.57. The molecule has 25 heavy (non-hydrogen) atoms. The third-order valence-corrected chi connectivity index (χ3v) is 3.84. The Morgan fingerprint density at radius 2 is 1.88 bits per heavy atom. The third kappa shape index (κ3) is 6.03. The first-order valence-corrected chi connectivity index (χ1v) is 8.71. The summed E-state index contributed by atoms with van der Waals surface area (Å²) >= 11 is 0. The van der Waals surface area contributed by atoms with Gasteiger partial charge in [0.25, 0.3) is 0 Å². The first-order valence-electron chi connectivity index (χ1n) is 8.71. The number of rotatable bonds is 8. The molecule has 0 aliphatic heterocycles. The number of nitrogens with one attached hydrogen (secondary N) is 2. The molecule has 134 valence electrons. The monoisotopic (exact) mass is 341 g/mol. The molecule has 2 aromatic rings. The molecule has 0 bridgehead atoms. The van der Waals surface area contributed by atoms with Gasteiger partial charge >= 0.3 is 6.03 Å². The Morgan fingerprint density at radius 1 is 1.12 bits per heavy atom. The quantitative estimate of drug-likeness (QED) is 0.762. The predicted octanol–water partition coefficient (Wildman–Crippen LogP) is 4.04. The van der Waals surface area contributed by atoms with E-state index in [2.05, 4.69) is 53.6 Å². The second-order valence-electron chi connectivity index (χ2n) is 5.76. The Hall–Kier alpha value is -2.69. The molecule has 5 nitrogen and oxygen atoms in total. The van der Waals surface area contributed by atoms with Crippen LogP contribution in [-0.4, -0.2) is 32.3 Å². The lowest BCUT2D eigenvalue weighted by atomic mass is 10.2. The van der Waals surface area contributed by atoms with Gasteiger partial charge in [0, 0.05) is 31.0 Å². The molecule has 0 radical (unpaired) electrons. The lowest BCUT2D eigenvalue weighted by Gasteiger charge is -2.23. The summed E-state index contributed by atoms with van der Waals surface area (Å²) in [6, 6.07) is 15.5. The molecule has 2 aromatic carbocycles. The Balaban J connectivity index is 1.79. The number of amides is 2. The van der Waals surface area contributed by atoms with Gasteiger partial charge in [0.2, 0.25) is 0 Å². The summed E-state index contributed by atoms with van der Waals surface area (Å²) < 4.78 is 5.39. The van der Waals surface area contributed by atoms with Crippen LogP contribution in [0.5, 0.6) is 5.75 Å². The van der Waals surface area contributed by atoms with Gasteiger partial charge in [-0.1, -0.05) is 12.1 Å². The fourth-order valence-corrected chi connectivity index (χ4v) is 2.58. The Labute approximate surface area is 150 Å². The molecule has 2 rings (SSSR count).